The predicted octanol–water partition coefficient (Wildman–Crippen LogP) is 4.30. The molecule has 6 heteroatoms. The quantitative estimate of drug-likeness (QED) is 0.475. The number of carbonyl (C=O) groups is 1. The molecule has 2 rings (SSSR count). The highest BCUT2D eigenvalue weighted by Crippen LogP contribution is 2.44. The Morgan fingerprint density at radius 2 is 2.18 bits per heavy atom. The second-order valence-electron chi connectivity index (χ2n) is 6.58. The van der Waals surface area contributed by atoms with Crippen molar-refractivity contribution in [3.63, 3.8) is 0 Å². The molecule has 0 atom stereocenters. The number of carbonyl (C=O) groups excluding carboxylic acids is 1. The summed E-state index contributed by atoms with van der Waals surface area (Å²) in [6.45, 7) is 12.2. The second kappa shape index (κ2) is 10.4. The molecule has 0 aliphatic carbocycles. The molecule has 1 aromatic rings. The summed E-state index contributed by atoms with van der Waals surface area (Å²) >= 11 is 1.54. The summed E-state index contributed by atoms with van der Waals surface area (Å²) in [5.74, 6) is 0.563. The van der Waals surface area contributed by atoms with Gasteiger partial charge in [0.15, 0.2) is 5.09 Å². The normalized spacial score (nSPS) is 13.9. The van der Waals surface area contributed by atoms with Crippen LogP contribution in [0.1, 0.15) is 49.9 Å². The molecule has 0 saturated heterocycles. The lowest BCUT2D eigenvalue weighted by Gasteiger charge is -2.19. The van der Waals surface area contributed by atoms with Gasteiger partial charge in [-0.15, -0.1) is 0 Å². The standard InChI is InChI=1S/C22H29NO4S/c1-6-19(28-21(8-3)27-14(4)5)17-11-15(12-23-20(25)7-2)18(13-24)16-9-10-26-22(16)17/h6-8,11,14,24H,2,9-10,12-13H2,1,3-5H3,(H,23,25)/b19-6?,21-8-. The van der Waals surface area contributed by atoms with Gasteiger partial charge in [0.2, 0.25) is 5.91 Å². The number of aliphatic hydroxyl groups excluding tert-OH is 1. The molecule has 2 N–H and O–H groups in total. The number of hydrogen-bond donors (Lipinski definition) is 2. The van der Waals surface area contributed by atoms with Crippen LogP contribution in [-0.2, 0) is 29.1 Å². The van der Waals surface area contributed by atoms with Crippen LogP contribution in [0.25, 0.3) is 4.91 Å². The number of benzene rings is 1. The van der Waals surface area contributed by atoms with Gasteiger partial charge in [-0.25, -0.2) is 0 Å². The van der Waals surface area contributed by atoms with Crippen LogP contribution >= 0.6 is 11.8 Å². The average Bonchev–Trinajstić information content (AvgIpc) is 3.17. The molecule has 5 nitrogen and oxygen atoms in total. The Morgan fingerprint density at radius 1 is 1.43 bits per heavy atom. The van der Waals surface area contributed by atoms with Gasteiger partial charge in [-0.3, -0.25) is 4.79 Å². The minimum atomic E-state index is -0.246. The molecule has 0 radical (unpaired) electrons. The van der Waals surface area contributed by atoms with Crippen molar-refractivity contribution in [2.24, 2.45) is 0 Å². The Balaban J connectivity index is 2.45. The molecule has 0 bridgehead atoms. The Hall–Kier alpha value is -2.18. The van der Waals surface area contributed by atoms with Gasteiger partial charge in [-0.2, -0.15) is 0 Å². The van der Waals surface area contributed by atoms with Gasteiger partial charge >= 0.3 is 0 Å². The number of amides is 1. The Bertz CT molecular complexity index is 796. The van der Waals surface area contributed by atoms with Crippen molar-refractivity contribution in [2.75, 3.05) is 6.61 Å². The Kier molecular flexibility index (Phi) is 8.20. The van der Waals surface area contributed by atoms with Crippen molar-refractivity contribution in [3.05, 3.63) is 58.2 Å². The number of thioether (sulfide) groups is 1. The maximum atomic E-state index is 11.6. The van der Waals surface area contributed by atoms with Crippen molar-refractivity contribution in [3.8, 4) is 5.75 Å². The molecular weight excluding hydrogens is 374 g/mol. The highest BCUT2D eigenvalue weighted by Gasteiger charge is 2.25. The van der Waals surface area contributed by atoms with Crippen LogP contribution in [0.5, 0.6) is 5.75 Å². The number of rotatable bonds is 9. The van der Waals surface area contributed by atoms with Crippen LogP contribution < -0.4 is 10.1 Å². The highest BCUT2D eigenvalue weighted by molar-refractivity contribution is 8.11. The first-order valence-electron chi connectivity index (χ1n) is 9.44. The molecule has 28 heavy (non-hydrogen) atoms. The molecule has 0 fully saturated rings. The third kappa shape index (κ3) is 5.20. The van der Waals surface area contributed by atoms with Crippen molar-refractivity contribution in [2.45, 2.75) is 53.4 Å². The first kappa shape index (κ1) is 22.1. The van der Waals surface area contributed by atoms with Crippen LogP contribution in [0.4, 0.5) is 0 Å². The van der Waals surface area contributed by atoms with E-state index in [1.807, 2.05) is 45.9 Å². The second-order valence-corrected chi connectivity index (χ2v) is 7.62. The molecule has 1 aliphatic heterocycles. The number of ether oxygens (including phenoxy) is 2. The summed E-state index contributed by atoms with van der Waals surface area (Å²) in [5, 5.41) is 13.6. The minimum absolute atomic E-state index is 0.0835. The fourth-order valence-electron chi connectivity index (χ4n) is 3.06. The Labute approximate surface area is 171 Å². The molecule has 1 amide bonds. The average molecular weight is 404 g/mol. The van der Waals surface area contributed by atoms with Crippen LogP contribution in [0.15, 0.2) is 36.0 Å². The molecule has 0 spiro atoms. The van der Waals surface area contributed by atoms with E-state index in [1.165, 1.54) is 6.08 Å². The van der Waals surface area contributed by atoms with Crippen molar-refractivity contribution in [1.29, 1.82) is 0 Å². The van der Waals surface area contributed by atoms with Crippen molar-refractivity contribution in [1.82, 2.24) is 5.32 Å². The third-order valence-corrected chi connectivity index (χ3v) is 5.52. The van der Waals surface area contributed by atoms with Crippen LogP contribution in [0.3, 0.4) is 0 Å². The van der Waals surface area contributed by atoms with Gasteiger partial charge in [-0.1, -0.05) is 24.4 Å². The number of hydrogen-bond acceptors (Lipinski definition) is 5. The summed E-state index contributed by atoms with van der Waals surface area (Å²) in [4.78, 5) is 12.6. The van der Waals surface area contributed by atoms with E-state index in [1.54, 1.807) is 11.8 Å². The number of allylic oxidation sites excluding steroid dienone is 2. The third-order valence-electron chi connectivity index (χ3n) is 4.31. The van der Waals surface area contributed by atoms with E-state index in [0.29, 0.717) is 13.2 Å². The fraction of sp³-hybridized carbons (Fsp3) is 0.409. The van der Waals surface area contributed by atoms with E-state index >= 15 is 0 Å². The summed E-state index contributed by atoms with van der Waals surface area (Å²) < 4.78 is 11.8. The molecule has 1 aliphatic rings. The molecular formula is C22H29NO4S. The van der Waals surface area contributed by atoms with E-state index in [-0.39, 0.29) is 18.6 Å². The Morgan fingerprint density at radius 3 is 2.75 bits per heavy atom. The van der Waals surface area contributed by atoms with Gasteiger partial charge < -0.3 is 19.9 Å². The van der Waals surface area contributed by atoms with Gasteiger partial charge in [-0.05, 0) is 57.0 Å². The lowest BCUT2D eigenvalue weighted by molar-refractivity contribution is -0.116. The zero-order valence-corrected chi connectivity index (χ0v) is 17.8. The first-order valence-corrected chi connectivity index (χ1v) is 10.3. The predicted molar refractivity (Wildman–Crippen MR) is 115 cm³/mol. The van der Waals surface area contributed by atoms with Gasteiger partial charge in [0.25, 0.3) is 0 Å². The molecule has 1 heterocycles. The number of aliphatic hydroxyl groups is 1. The van der Waals surface area contributed by atoms with Crippen LogP contribution in [-0.4, -0.2) is 23.7 Å². The molecule has 152 valence electrons. The van der Waals surface area contributed by atoms with E-state index in [2.05, 4.69) is 11.9 Å². The monoisotopic (exact) mass is 403 g/mol. The molecule has 0 unspecified atom stereocenters. The summed E-state index contributed by atoms with van der Waals surface area (Å²) in [6.07, 6.45) is 6.04. The van der Waals surface area contributed by atoms with Crippen LogP contribution in [0.2, 0.25) is 0 Å². The zero-order valence-electron chi connectivity index (χ0n) is 17.0. The van der Waals surface area contributed by atoms with Gasteiger partial charge in [0.1, 0.15) is 5.75 Å². The molecule has 0 aromatic heterocycles. The smallest absolute Gasteiger partial charge is 0.243 e. The lowest BCUT2D eigenvalue weighted by Crippen LogP contribution is -2.21. The fourth-order valence-corrected chi connectivity index (χ4v) is 4.01. The molecule has 1 aromatic carbocycles. The lowest BCUT2D eigenvalue weighted by atomic mass is 9.95. The summed E-state index contributed by atoms with van der Waals surface area (Å²) in [7, 11) is 0. The highest BCUT2D eigenvalue weighted by atomic mass is 32.2. The topological polar surface area (TPSA) is 67.8 Å². The van der Waals surface area contributed by atoms with Crippen LogP contribution in [0, 0.1) is 0 Å². The van der Waals surface area contributed by atoms with E-state index in [4.69, 9.17) is 9.47 Å². The van der Waals surface area contributed by atoms with E-state index < -0.39 is 0 Å². The summed E-state index contributed by atoms with van der Waals surface area (Å²) in [6, 6.07) is 1.99. The maximum Gasteiger partial charge on any atom is 0.243 e. The maximum absolute atomic E-state index is 11.6. The largest absolute Gasteiger partial charge is 0.492 e. The zero-order chi connectivity index (χ0) is 20.7. The minimum Gasteiger partial charge on any atom is -0.492 e. The van der Waals surface area contributed by atoms with Crippen molar-refractivity contribution >= 4 is 22.6 Å². The van der Waals surface area contributed by atoms with E-state index in [0.717, 1.165) is 44.4 Å². The SMILES string of the molecule is C=CC(=O)NCc1cc(C(=CC)S/C(=C\C)OC(C)C)c2c(c1CO)CCO2. The summed E-state index contributed by atoms with van der Waals surface area (Å²) in [5.41, 5.74) is 3.66. The number of fused-ring (bicyclic) bond motifs is 1. The van der Waals surface area contributed by atoms with Gasteiger partial charge in [0.05, 0.1) is 19.3 Å². The van der Waals surface area contributed by atoms with Gasteiger partial charge in [0, 0.05) is 29.0 Å². The first-order chi connectivity index (χ1) is 13.4. The number of nitrogens with one attached hydrogen (secondary N) is 1. The van der Waals surface area contributed by atoms with E-state index in [9.17, 15) is 9.90 Å². The van der Waals surface area contributed by atoms with Crippen molar-refractivity contribution < 1.29 is 19.4 Å². The molecule has 0 saturated carbocycles.